The number of anilines is 1. The van der Waals surface area contributed by atoms with Gasteiger partial charge in [0.15, 0.2) is 0 Å². The average Bonchev–Trinajstić information content (AvgIpc) is 2.48. The van der Waals surface area contributed by atoms with E-state index >= 15 is 0 Å². The zero-order chi connectivity index (χ0) is 15.2. The summed E-state index contributed by atoms with van der Waals surface area (Å²) in [6.07, 6.45) is 2.44. The van der Waals surface area contributed by atoms with Crippen molar-refractivity contribution in [2.24, 2.45) is 0 Å². The molecule has 2 N–H and O–H groups in total. The summed E-state index contributed by atoms with van der Waals surface area (Å²) in [7, 11) is 4.07. The van der Waals surface area contributed by atoms with Gasteiger partial charge in [0.05, 0.1) is 11.9 Å². The molecule has 0 aliphatic heterocycles. The van der Waals surface area contributed by atoms with Crippen molar-refractivity contribution in [2.45, 2.75) is 12.5 Å². The Labute approximate surface area is 128 Å². The van der Waals surface area contributed by atoms with Crippen molar-refractivity contribution >= 4 is 17.3 Å². The van der Waals surface area contributed by atoms with Crippen LogP contribution in [0.1, 0.15) is 5.56 Å². The Bertz CT molecular complexity index is 627. The summed E-state index contributed by atoms with van der Waals surface area (Å²) in [5.41, 5.74) is 1.44. The predicted octanol–water partition coefficient (Wildman–Crippen LogP) is 2.01. The summed E-state index contributed by atoms with van der Waals surface area (Å²) >= 11 is 5.96. The van der Waals surface area contributed by atoms with Gasteiger partial charge >= 0.3 is 0 Å². The molecule has 0 radical (unpaired) electrons. The van der Waals surface area contributed by atoms with E-state index in [1.54, 1.807) is 0 Å². The second-order valence-electron chi connectivity index (χ2n) is 5.11. The molecular weight excluding hydrogens is 288 g/mol. The molecule has 1 heterocycles. The molecule has 6 heteroatoms. The van der Waals surface area contributed by atoms with Crippen molar-refractivity contribution in [3.05, 3.63) is 57.5 Å². The highest BCUT2D eigenvalue weighted by Gasteiger charge is 2.13. The summed E-state index contributed by atoms with van der Waals surface area (Å²) in [5.74, 6) is 0. The first-order valence-electron chi connectivity index (χ1n) is 6.75. The molecule has 0 aliphatic rings. The maximum atomic E-state index is 11.4. The van der Waals surface area contributed by atoms with Crippen LogP contribution in [0.5, 0.6) is 0 Å². The molecule has 1 unspecified atom stereocenters. The van der Waals surface area contributed by atoms with E-state index in [-0.39, 0.29) is 16.6 Å². The topological polar surface area (TPSA) is 61.0 Å². The minimum absolute atomic E-state index is 0.141. The van der Waals surface area contributed by atoms with E-state index in [2.05, 4.69) is 32.5 Å². The van der Waals surface area contributed by atoms with Gasteiger partial charge in [-0.2, -0.15) is 5.10 Å². The highest BCUT2D eigenvalue weighted by atomic mass is 35.5. The van der Waals surface area contributed by atoms with Crippen LogP contribution in [-0.4, -0.2) is 41.8 Å². The molecule has 0 fully saturated rings. The standard InChI is InChI=1S/C15H19ClN4O/c1-20(2)12(8-11-6-4-3-5-7-11)9-17-13-10-18-19-15(21)14(13)16/h3-7,10,12H,8-9H2,1-2H3,(H2,17,19,21). The Balaban J connectivity index is 2.04. The first-order chi connectivity index (χ1) is 10.1. The molecule has 5 nitrogen and oxygen atoms in total. The van der Waals surface area contributed by atoms with Gasteiger partial charge in [-0.3, -0.25) is 4.79 Å². The second-order valence-corrected chi connectivity index (χ2v) is 5.49. The van der Waals surface area contributed by atoms with Gasteiger partial charge in [0, 0.05) is 12.6 Å². The van der Waals surface area contributed by atoms with Gasteiger partial charge in [-0.15, -0.1) is 0 Å². The van der Waals surface area contributed by atoms with Crippen LogP contribution in [0, 0.1) is 0 Å². The van der Waals surface area contributed by atoms with Crippen molar-refractivity contribution in [1.29, 1.82) is 0 Å². The first-order valence-corrected chi connectivity index (χ1v) is 7.13. The van der Waals surface area contributed by atoms with E-state index in [0.717, 1.165) is 6.42 Å². The quantitative estimate of drug-likeness (QED) is 0.857. The number of hydrogen-bond acceptors (Lipinski definition) is 4. The van der Waals surface area contributed by atoms with Gasteiger partial charge < -0.3 is 10.2 Å². The molecule has 21 heavy (non-hydrogen) atoms. The molecular formula is C15H19ClN4O. The maximum Gasteiger partial charge on any atom is 0.285 e. The number of aromatic nitrogens is 2. The third-order valence-corrected chi connectivity index (χ3v) is 3.74. The SMILES string of the molecule is CN(C)C(CNc1cn[nH]c(=O)c1Cl)Cc1ccccc1. The molecule has 1 atom stereocenters. The van der Waals surface area contributed by atoms with E-state index in [9.17, 15) is 4.79 Å². The average molecular weight is 307 g/mol. The van der Waals surface area contributed by atoms with Crippen LogP contribution in [0.3, 0.4) is 0 Å². The zero-order valence-electron chi connectivity index (χ0n) is 12.1. The lowest BCUT2D eigenvalue weighted by atomic mass is 10.1. The highest BCUT2D eigenvalue weighted by molar-refractivity contribution is 6.32. The zero-order valence-corrected chi connectivity index (χ0v) is 12.9. The Hall–Kier alpha value is -1.85. The largest absolute Gasteiger partial charge is 0.381 e. The van der Waals surface area contributed by atoms with Gasteiger partial charge in [-0.1, -0.05) is 41.9 Å². The molecule has 1 aromatic carbocycles. The fraction of sp³-hybridized carbons (Fsp3) is 0.333. The number of rotatable bonds is 6. The monoisotopic (exact) mass is 306 g/mol. The van der Waals surface area contributed by atoms with Crippen LogP contribution in [0.4, 0.5) is 5.69 Å². The molecule has 1 aromatic heterocycles. The minimum Gasteiger partial charge on any atom is -0.381 e. The maximum absolute atomic E-state index is 11.4. The van der Waals surface area contributed by atoms with Gasteiger partial charge in [0.2, 0.25) is 0 Å². The molecule has 0 amide bonds. The number of H-pyrrole nitrogens is 1. The first kappa shape index (κ1) is 15.5. The molecule has 2 aromatic rings. The van der Waals surface area contributed by atoms with Crippen molar-refractivity contribution in [2.75, 3.05) is 26.0 Å². The van der Waals surface area contributed by atoms with Crippen LogP contribution in [-0.2, 0) is 6.42 Å². The van der Waals surface area contributed by atoms with Gasteiger partial charge in [-0.25, -0.2) is 5.10 Å². The van der Waals surface area contributed by atoms with E-state index in [0.29, 0.717) is 12.2 Å². The Morgan fingerprint density at radius 3 is 2.71 bits per heavy atom. The molecule has 0 saturated heterocycles. The Morgan fingerprint density at radius 2 is 2.05 bits per heavy atom. The lowest BCUT2D eigenvalue weighted by Gasteiger charge is -2.25. The van der Waals surface area contributed by atoms with Crippen molar-refractivity contribution < 1.29 is 0 Å². The van der Waals surface area contributed by atoms with Gasteiger partial charge in [-0.05, 0) is 26.1 Å². The predicted molar refractivity (Wildman–Crippen MR) is 86.0 cm³/mol. The van der Waals surface area contributed by atoms with Crippen LogP contribution < -0.4 is 10.9 Å². The summed E-state index contributed by atoms with van der Waals surface area (Å²) in [6, 6.07) is 10.6. The fourth-order valence-electron chi connectivity index (χ4n) is 2.06. The van der Waals surface area contributed by atoms with Crippen LogP contribution >= 0.6 is 11.6 Å². The number of hydrogen-bond donors (Lipinski definition) is 2. The minimum atomic E-state index is -0.383. The lowest BCUT2D eigenvalue weighted by molar-refractivity contribution is 0.303. The fourth-order valence-corrected chi connectivity index (χ4v) is 2.22. The number of halogens is 1. The summed E-state index contributed by atoms with van der Waals surface area (Å²) < 4.78 is 0. The molecule has 0 spiro atoms. The molecule has 0 saturated carbocycles. The molecule has 112 valence electrons. The van der Waals surface area contributed by atoms with Gasteiger partial charge in [0.1, 0.15) is 5.02 Å². The van der Waals surface area contributed by atoms with Gasteiger partial charge in [0.25, 0.3) is 5.56 Å². The third kappa shape index (κ3) is 4.31. The van der Waals surface area contributed by atoms with E-state index < -0.39 is 0 Å². The number of nitrogens with zero attached hydrogens (tertiary/aromatic N) is 2. The normalized spacial score (nSPS) is 12.4. The number of nitrogens with one attached hydrogen (secondary N) is 2. The number of aromatic amines is 1. The Kier molecular flexibility index (Phi) is 5.36. The van der Waals surface area contributed by atoms with E-state index in [4.69, 9.17) is 11.6 Å². The van der Waals surface area contributed by atoms with Crippen LogP contribution in [0.2, 0.25) is 5.02 Å². The second kappa shape index (κ2) is 7.24. The molecule has 0 aliphatic carbocycles. The van der Waals surface area contributed by atoms with Crippen molar-refractivity contribution in [3.63, 3.8) is 0 Å². The third-order valence-electron chi connectivity index (χ3n) is 3.37. The summed E-state index contributed by atoms with van der Waals surface area (Å²) in [6.45, 7) is 0.673. The van der Waals surface area contributed by atoms with Crippen molar-refractivity contribution in [3.8, 4) is 0 Å². The number of likely N-dealkylation sites (N-methyl/N-ethyl adjacent to an activating group) is 1. The van der Waals surface area contributed by atoms with Crippen LogP contribution in [0.25, 0.3) is 0 Å². The van der Waals surface area contributed by atoms with Crippen molar-refractivity contribution in [1.82, 2.24) is 15.1 Å². The smallest absolute Gasteiger partial charge is 0.285 e. The van der Waals surface area contributed by atoms with E-state index in [1.165, 1.54) is 11.8 Å². The lowest BCUT2D eigenvalue weighted by Crippen LogP contribution is -2.36. The summed E-state index contributed by atoms with van der Waals surface area (Å²) in [5, 5.41) is 9.40. The molecule has 2 rings (SSSR count). The van der Waals surface area contributed by atoms with E-state index in [1.807, 2.05) is 32.3 Å². The van der Waals surface area contributed by atoms with Crippen LogP contribution in [0.15, 0.2) is 41.3 Å². The summed E-state index contributed by atoms with van der Waals surface area (Å²) in [4.78, 5) is 13.6. The highest BCUT2D eigenvalue weighted by Crippen LogP contribution is 2.15. The molecule has 0 bridgehead atoms. The number of benzene rings is 1. The Morgan fingerprint density at radius 1 is 1.33 bits per heavy atom.